The average molecular weight is 659 g/mol. The lowest BCUT2D eigenvalue weighted by Gasteiger charge is -2.49. The molecule has 0 radical (unpaired) electrons. The molecule has 2 aliphatic carbocycles. The first-order chi connectivity index (χ1) is 20.4. The van der Waals surface area contributed by atoms with Crippen molar-refractivity contribution in [2.24, 2.45) is 10.8 Å². The lowest BCUT2D eigenvalue weighted by Crippen LogP contribution is -2.44. The van der Waals surface area contributed by atoms with Gasteiger partial charge in [0.25, 0.3) is 0 Å². The molecule has 1 aliphatic heterocycles. The molecule has 1 heterocycles. The molecule has 222 valence electrons. The van der Waals surface area contributed by atoms with E-state index in [4.69, 9.17) is 16.3 Å². The van der Waals surface area contributed by atoms with E-state index in [9.17, 15) is 9.59 Å². The number of carbonyl (C=O) groups excluding carboxylic acids is 2. The molecule has 3 aromatic rings. The number of hydrogen-bond donors (Lipinski definition) is 0. The van der Waals surface area contributed by atoms with Gasteiger partial charge in [0.05, 0.1) is 4.47 Å². The molecule has 0 saturated carbocycles. The number of rotatable bonds is 6. The van der Waals surface area contributed by atoms with E-state index >= 15 is 0 Å². The zero-order chi connectivity index (χ0) is 30.5. The first kappa shape index (κ1) is 29.9. The fraction of sp³-hybridized carbons (Fsp3) is 0.351. The van der Waals surface area contributed by atoms with Crippen molar-refractivity contribution in [1.82, 2.24) is 4.90 Å². The predicted molar refractivity (Wildman–Crippen MR) is 175 cm³/mol. The van der Waals surface area contributed by atoms with Crippen LogP contribution in [0.2, 0.25) is 5.02 Å². The number of halogens is 2. The minimum Gasteiger partial charge on any atom is -0.488 e. The predicted octanol–water partition coefficient (Wildman–Crippen LogP) is 9.57. The first-order valence-corrected chi connectivity index (χ1v) is 16.1. The van der Waals surface area contributed by atoms with Crippen LogP contribution >= 0.6 is 27.5 Å². The number of ketones is 2. The van der Waals surface area contributed by atoms with Crippen LogP contribution in [0.15, 0.2) is 99.8 Å². The summed E-state index contributed by atoms with van der Waals surface area (Å²) < 4.78 is 6.92. The second-order valence-electron chi connectivity index (χ2n) is 13.7. The quantitative estimate of drug-likeness (QED) is 0.265. The van der Waals surface area contributed by atoms with E-state index in [2.05, 4.69) is 60.7 Å². The smallest absolute Gasteiger partial charge is 0.162 e. The van der Waals surface area contributed by atoms with Gasteiger partial charge in [-0.2, -0.15) is 0 Å². The van der Waals surface area contributed by atoms with Crippen LogP contribution in [0.5, 0.6) is 5.75 Å². The van der Waals surface area contributed by atoms with Gasteiger partial charge in [0.15, 0.2) is 11.6 Å². The van der Waals surface area contributed by atoms with Gasteiger partial charge < -0.3 is 9.64 Å². The van der Waals surface area contributed by atoms with Crippen LogP contribution in [0.4, 0.5) is 0 Å². The maximum absolute atomic E-state index is 14.1. The number of carbonyl (C=O) groups is 2. The number of benzene rings is 3. The highest BCUT2D eigenvalue weighted by atomic mass is 79.9. The Morgan fingerprint density at radius 3 is 1.98 bits per heavy atom. The molecule has 0 amide bonds. The molecule has 0 atom stereocenters. The zero-order valence-electron chi connectivity index (χ0n) is 25.2. The Morgan fingerprint density at radius 1 is 0.814 bits per heavy atom. The number of nitrogens with zero attached hydrogens (tertiary/aromatic N) is 1. The first-order valence-electron chi connectivity index (χ1n) is 14.9. The fourth-order valence-electron chi connectivity index (χ4n) is 6.92. The molecule has 0 bridgehead atoms. The molecule has 0 spiro atoms. The van der Waals surface area contributed by atoms with E-state index in [-0.39, 0.29) is 22.4 Å². The summed E-state index contributed by atoms with van der Waals surface area (Å²) >= 11 is 10.1. The van der Waals surface area contributed by atoms with Crippen molar-refractivity contribution < 1.29 is 14.3 Å². The minimum atomic E-state index is -0.404. The van der Waals surface area contributed by atoms with Gasteiger partial charge in [0, 0.05) is 58.4 Å². The van der Waals surface area contributed by atoms with E-state index in [1.807, 2.05) is 60.7 Å². The largest absolute Gasteiger partial charge is 0.488 e. The van der Waals surface area contributed by atoms with E-state index < -0.39 is 5.92 Å². The van der Waals surface area contributed by atoms with Crippen LogP contribution in [0.3, 0.4) is 0 Å². The van der Waals surface area contributed by atoms with E-state index in [0.29, 0.717) is 36.8 Å². The summed E-state index contributed by atoms with van der Waals surface area (Å²) in [6, 6.07) is 24.0. The lowest BCUT2D eigenvalue weighted by molar-refractivity contribution is -0.119. The Morgan fingerprint density at radius 2 is 1.40 bits per heavy atom. The SMILES string of the molecule is CC1(C)CC(=O)C2=C(C1)N(Cc1ccccc1)C1=C(C(=O)CC(C)(C)C1)C2c1ccc(OCc2ccccc2Cl)c(Br)c1. The molecule has 0 unspecified atom stereocenters. The summed E-state index contributed by atoms with van der Waals surface area (Å²) in [5, 5.41) is 0.661. The van der Waals surface area contributed by atoms with Crippen LogP contribution in [0, 0.1) is 10.8 Å². The topological polar surface area (TPSA) is 46.6 Å². The van der Waals surface area contributed by atoms with Gasteiger partial charge in [-0.05, 0) is 68.9 Å². The zero-order valence-corrected chi connectivity index (χ0v) is 27.5. The fourth-order valence-corrected chi connectivity index (χ4v) is 7.62. The highest BCUT2D eigenvalue weighted by Gasteiger charge is 2.49. The van der Waals surface area contributed by atoms with Crippen LogP contribution in [0.25, 0.3) is 0 Å². The highest BCUT2D eigenvalue weighted by Crippen LogP contribution is 2.55. The molecule has 0 saturated heterocycles. The van der Waals surface area contributed by atoms with Crippen molar-refractivity contribution in [3.8, 4) is 5.75 Å². The minimum absolute atomic E-state index is 0.133. The van der Waals surface area contributed by atoms with E-state index in [0.717, 1.165) is 56.5 Å². The van der Waals surface area contributed by atoms with Crippen LogP contribution in [0.1, 0.15) is 76.0 Å². The number of allylic oxidation sites excluding steroid dienone is 4. The van der Waals surface area contributed by atoms with Gasteiger partial charge in [-0.3, -0.25) is 9.59 Å². The summed E-state index contributed by atoms with van der Waals surface area (Å²) in [4.78, 5) is 30.5. The lowest BCUT2D eigenvalue weighted by atomic mass is 9.63. The Hall–Kier alpha value is -3.15. The summed E-state index contributed by atoms with van der Waals surface area (Å²) in [7, 11) is 0. The third-order valence-corrected chi connectivity index (χ3v) is 9.82. The average Bonchev–Trinajstić information content (AvgIpc) is 2.93. The molecular weight excluding hydrogens is 622 g/mol. The summed E-state index contributed by atoms with van der Waals surface area (Å²) in [5.74, 6) is 0.543. The Balaban J connectivity index is 1.46. The Bertz CT molecular complexity index is 1620. The van der Waals surface area contributed by atoms with Crippen LogP contribution in [-0.2, 0) is 22.7 Å². The maximum Gasteiger partial charge on any atom is 0.162 e. The van der Waals surface area contributed by atoms with Gasteiger partial charge in [-0.15, -0.1) is 0 Å². The molecular formula is C37H37BrClNO3. The standard InChI is InChI=1S/C37H37BrClNO3/c1-36(2)17-28-34(30(41)19-36)33(24-14-15-32(26(38)16-24)43-22-25-12-8-9-13-27(25)39)35-29(18-37(3,4)20-31(35)42)40(28)21-23-10-6-5-7-11-23/h5-16,33H,17-22H2,1-4H3. The third-order valence-electron chi connectivity index (χ3n) is 8.84. The highest BCUT2D eigenvalue weighted by molar-refractivity contribution is 9.10. The molecule has 3 aliphatic rings. The molecule has 6 rings (SSSR count). The van der Waals surface area contributed by atoms with Crippen molar-refractivity contribution in [2.75, 3.05) is 0 Å². The van der Waals surface area contributed by atoms with E-state index in [1.54, 1.807) is 0 Å². The monoisotopic (exact) mass is 657 g/mol. The van der Waals surface area contributed by atoms with Gasteiger partial charge >= 0.3 is 0 Å². The van der Waals surface area contributed by atoms with Crippen LogP contribution < -0.4 is 4.74 Å². The van der Waals surface area contributed by atoms with Crippen molar-refractivity contribution in [3.05, 3.63) is 122 Å². The number of Topliss-reactive ketones (excluding diaryl/α,β-unsaturated/α-hetero) is 2. The van der Waals surface area contributed by atoms with Crippen molar-refractivity contribution in [2.45, 2.75) is 72.4 Å². The normalized spacial score (nSPS) is 19.8. The molecule has 0 fully saturated rings. The number of hydrogen-bond acceptors (Lipinski definition) is 4. The molecule has 3 aromatic carbocycles. The van der Waals surface area contributed by atoms with Crippen molar-refractivity contribution in [1.29, 1.82) is 0 Å². The summed E-state index contributed by atoms with van der Waals surface area (Å²) in [6.07, 6.45) is 2.49. The molecule has 6 heteroatoms. The Kier molecular flexibility index (Phi) is 7.93. The van der Waals surface area contributed by atoms with Gasteiger partial charge in [0.2, 0.25) is 0 Å². The van der Waals surface area contributed by atoms with Crippen LogP contribution in [-0.4, -0.2) is 16.5 Å². The van der Waals surface area contributed by atoms with Crippen molar-refractivity contribution in [3.63, 3.8) is 0 Å². The van der Waals surface area contributed by atoms with E-state index in [1.165, 1.54) is 0 Å². The molecule has 43 heavy (non-hydrogen) atoms. The third kappa shape index (κ3) is 5.99. The van der Waals surface area contributed by atoms with Crippen molar-refractivity contribution >= 4 is 39.1 Å². The molecule has 0 aromatic heterocycles. The number of ether oxygens (including phenoxy) is 1. The van der Waals surface area contributed by atoms with Gasteiger partial charge in [-0.1, -0.05) is 93.9 Å². The summed E-state index contributed by atoms with van der Waals surface area (Å²) in [5.41, 5.74) is 6.34. The van der Waals surface area contributed by atoms with Gasteiger partial charge in [0.1, 0.15) is 12.4 Å². The second-order valence-corrected chi connectivity index (χ2v) is 14.9. The van der Waals surface area contributed by atoms with Gasteiger partial charge in [-0.25, -0.2) is 0 Å². The summed E-state index contributed by atoms with van der Waals surface area (Å²) in [6.45, 7) is 9.66. The molecule has 4 nitrogen and oxygen atoms in total. The maximum atomic E-state index is 14.1. The Labute approximate surface area is 267 Å². The second kappa shape index (κ2) is 11.4. The molecule has 0 N–H and O–H groups in total.